The minimum absolute atomic E-state index is 0.00145. The van der Waals surface area contributed by atoms with Crippen molar-refractivity contribution >= 4 is 5.97 Å². The highest BCUT2D eigenvalue weighted by Gasteiger charge is 2.24. The van der Waals surface area contributed by atoms with Crippen LogP contribution in [0.5, 0.6) is 0 Å². The maximum atomic E-state index is 11.1. The summed E-state index contributed by atoms with van der Waals surface area (Å²) in [5, 5.41) is 13.0. The molecule has 1 aromatic carbocycles. The Kier molecular flexibility index (Phi) is 3.52. The molecule has 0 bridgehead atoms. The monoisotopic (exact) mass is 272 g/mol. The first-order valence-electron chi connectivity index (χ1n) is 6.71. The van der Waals surface area contributed by atoms with Crippen molar-refractivity contribution in [2.75, 3.05) is 13.1 Å². The third kappa shape index (κ3) is 2.58. The van der Waals surface area contributed by atoms with Gasteiger partial charge in [0, 0.05) is 31.6 Å². The summed E-state index contributed by atoms with van der Waals surface area (Å²) in [6.07, 6.45) is 1.41. The first-order chi connectivity index (χ1) is 9.74. The lowest BCUT2D eigenvalue weighted by Crippen LogP contribution is -2.26. The van der Waals surface area contributed by atoms with E-state index in [9.17, 15) is 4.79 Å². The van der Waals surface area contributed by atoms with Crippen LogP contribution in [-0.2, 0) is 19.4 Å². The smallest absolute Gasteiger partial charge is 0.375 e. The van der Waals surface area contributed by atoms with Gasteiger partial charge >= 0.3 is 5.97 Å². The Hall–Kier alpha value is -2.14. The first kappa shape index (κ1) is 12.9. The second-order valence-electron chi connectivity index (χ2n) is 5.00. The molecule has 1 N–H and O–H groups in total. The van der Waals surface area contributed by atoms with E-state index in [-0.39, 0.29) is 5.76 Å². The van der Waals surface area contributed by atoms with Crippen molar-refractivity contribution in [1.29, 1.82) is 0 Å². The van der Waals surface area contributed by atoms with E-state index in [0.717, 1.165) is 37.3 Å². The molecule has 1 aliphatic rings. The number of benzene rings is 1. The van der Waals surface area contributed by atoms with Crippen LogP contribution < -0.4 is 0 Å². The second-order valence-corrected chi connectivity index (χ2v) is 5.00. The fraction of sp³-hybridized carbons (Fsp3) is 0.333. The minimum atomic E-state index is -1.03. The number of nitrogens with zero attached hydrogens (tertiary/aromatic N) is 2. The molecular formula is C15H16N2O3. The van der Waals surface area contributed by atoms with Crippen LogP contribution >= 0.6 is 0 Å². The van der Waals surface area contributed by atoms with Gasteiger partial charge in [-0.1, -0.05) is 35.5 Å². The molecule has 0 fully saturated rings. The molecule has 0 saturated carbocycles. The molecule has 0 spiro atoms. The molecule has 0 aliphatic carbocycles. The topological polar surface area (TPSA) is 66.6 Å². The van der Waals surface area contributed by atoms with Crippen molar-refractivity contribution in [2.45, 2.75) is 19.4 Å². The van der Waals surface area contributed by atoms with Gasteiger partial charge in [-0.05, 0) is 12.0 Å². The second kappa shape index (κ2) is 5.46. The molecule has 1 aliphatic heterocycles. The average molecular weight is 272 g/mol. The van der Waals surface area contributed by atoms with Crippen molar-refractivity contribution < 1.29 is 14.4 Å². The number of fused-ring (bicyclic) bond motifs is 1. The number of carboxylic acid groups (broad SMARTS) is 1. The van der Waals surface area contributed by atoms with Crippen LogP contribution in [0.25, 0.3) is 0 Å². The highest BCUT2D eigenvalue weighted by Crippen LogP contribution is 2.20. The molecule has 104 valence electrons. The molecule has 0 radical (unpaired) electrons. The van der Waals surface area contributed by atoms with Crippen LogP contribution in [0.2, 0.25) is 0 Å². The zero-order valence-electron chi connectivity index (χ0n) is 11.1. The molecule has 0 atom stereocenters. The summed E-state index contributed by atoms with van der Waals surface area (Å²) in [5.74, 6) is -1.03. The predicted octanol–water partition coefficient (Wildman–Crippen LogP) is 1.97. The first-order valence-corrected chi connectivity index (χ1v) is 6.71. The molecule has 1 aromatic heterocycles. The number of rotatable bonds is 3. The number of carboxylic acids is 1. The van der Waals surface area contributed by atoms with Gasteiger partial charge < -0.3 is 9.63 Å². The lowest BCUT2D eigenvalue weighted by Gasteiger charge is -2.19. The maximum Gasteiger partial charge on any atom is 0.375 e. The Morgan fingerprint density at radius 2 is 2.00 bits per heavy atom. The Morgan fingerprint density at radius 3 is 2.75 bits per heavy atom. The van der Waals surface area contributed by atoms with E-state index in [1.165, 1.54) is 5.56 Å². The van der Waals surface area contributed by atoms with E-state index in [2.05, 4.69) is 22.2 Å². The van der Waals surface area contributed by atoms with Crippen molar-refractivity contribution in [2.24, 2.45) is 0 Å². The summed E-state index contributed by atoms with van der Waals surface area (Å²) in [6, 6.07) is 10.3. The van der Waals surface area contributed by atoms with Gasteiger partial charge in [0.05, 0.1) is 5.69 Å². The van der Waals surface area contributed by atoms with E-state index < -0.39 is 5.97 Å². The largest absolute Gasteiger partial charge is 0.475 e. The summed E-state index contributed by atoms with van der Waals surface area (Å²) in [4.78, 5) is 13.4. The fourth-order valence-electron chi connectivity index (χ4n) is 2.61. The number of hydrogen-bond acceptors (Lipinski definition) is 4. The summed E-state index contributed by atoms with van der Waals surface area (Å²) in [5.41, 5.74) is 2.82. The molecule has 20 heavy (non-hydrogen) atoms. The average Bonchev–Trinajstić information content (AvgIpc) is 2.77. The van der Waals surface area contributed by atoms with Crippen LogP contribution in [0.15, 0.2) is 34.9 Å². The fourth-order valence-corrected chi connectivity index (χ4v) is 2.61. The van der Waals surface area contributed by atoms with E-state index in [0.29, 0.717) is 6.42 Å². The molecule has 2 aromatic rings. The number of aromatic carboxylic acids is 1. The lowest BCUT2D eigenvalue weighted by molar-refractivity contribution is 0.0649. The molecule has 0 unspecified atom stereocenters. The summed E-state index contributed by atoms with van der Waals surface area (Å²) < 4.78 is 4.92. The summed E-state index contributed by atoms with van der Waals surface area (Å²) in [6.45, 7) is 2.57. The molecular weight excluding hydrogens is 256 g/mol. The number of hydrogen-bond donors (Lipinski definition) is 1. The van der Waals surface area contributed by atoms with Crippen molar-refractivity contribution in [1.82, 2.24) is 10.1 Å². The standard InChI is InChI=1S/C15H16N2O3/c18-15(19)14-12-6-8-17(9-7-13(12)16-20-14)10-11-4-2-1-3-5-11/h1-5H,6-10H2,(H,18,19). The van der Waals surface area contributed by atoms with Crippen molar-refractivity contribution in [3.05, 3.63) is 52.9 Å². The van der Waals surface area contributed by atoms with Gasteiger partial charge in [0.25, 0.3) is 0 Å². The van der Waals surface area contributed by atoms with Gasteiger partial charge in [0.2, 0.25) is 5.76 Å². The Labute approximate surface area is 116 Å². The van der Waals surface area contributed by atoms with Crippen LogP contribution in [-0.4, -0.2) is 34.2 Å². The highest BCUT2D eigenvalue weighted by molar-refractivity contribution is 5.86. The minimum Gasteiger partial charge on any atom is -0.475 e. The van der Waals surface area contributed by atoms with Gasteiger partial charge in [0.15, 0.2) is 0 Å². The van der Waals surface area contributed by atoms with Gasteiger partial charge in [0.1, 0.15) is 0 Å². The normalized spacial score (nSPS) is 15.6. The molecule has 0 amide bonds. The van der Waals surface area contributed by atoms with Crippen LogP contribution in [0.4, 0.5) is 0 Å². The maximum absolute atomic E-state index is 11.1. The molecule has 5 heteroatoms. The summed E-state index contributed by atoms with van der Waals surface area (Å²) >= 11 is 0. The van der Waals surface area contributed by atoms with Crippen LogP contribution in [0.3, 0.4) is 0 Å². The lowest BCUT2D eigenvalue weighted by atomic mass is 10.1. The Balaban J connectivity index is 1.71. The molecule has 2 heterocycles. The number of carbonyl (C=O) groups is 1. The zero-order valence-corrected chi connectivity index (χ0v) is 11.1. The van der Waals surface area contributed by atoms with Gasteiger partial charge in [-0.2, -0.15) is 0 Å². The van der Waals surface area contributed by atoms with Crippen LogP contribution in [0, 0.1) is 0 Å². The predicted molar refractivity (Wildman–Crippen MR) is 72.6 cm³/mol. The quantitative estimate of drug-likeness (QED) is 0.925. The number of aromatic nitrogens is 1. The summed E-state index contributed by atoms with van der Waals surface area (Å²) in [7, 11) is 0. The SMILES string of the molecule is O=C(O)c1onc2c1CCN(Cc1ccccc1)CC2. The molecule has 0 saturated heterocycles. The van der Waals surface area contributed by atoms with Crippen LogP contribution in [0.1, 0.15) is 27.4 Å². The van der Waals surface area contributed by atoms with E-state index in [1.54, 1.807) is 0 Å². The van der Waals surface area contributed by atoms with E-state index in [4.69, 9.17) is 9.63 Å². The van der Waals surface area contributed by atoms with Gasteiger partial charge in [-0.25, -0.2) is 4.79 Å². The van der Waals surface area contributed by atoms with Crippen molar-refractivity contribution in [3.63, 3.8) is 0 Å². The molecule has 5 nitrogen and oxygen atoms in total. The van der Waals surface area contributed by atoms with E-state index >= 15 is 0 Å². The zero-order chi connectivity index (χ0) is 13.9. The van der Waals surface area contributed by atoms with Gasteiger partial charge in [-0.15, -0.1) is 0 Å². The Morgan fingerprint density at radius 1 is 1.25 bits per heavy atom. The van der Waals surface area contributed by atoms with E-state index in [1.807, 2.05) is 18.2 Å². The highest BCUT2D eigenvalue weighted by atomic mass is 16.5. The Bertz CT molecular complexity index is 607. The van der Waals surface area contributed by atoms with Crippen molar-refractivity contribution in [3.8, 4) is 0 Å². The third-order valence-electron chi connectivity index (χ3n) is 3.66. The van der Waals surface area contributed by atoms with Gasteiger partial charge in [-0.3, -0.25) is 4.90 Å². The molecule has 3 rings (SSSR count). The third-order valence-corrected chi connectivity index (χ3v) is 3.66.